The smallest absolute Gasteiger partial charge is 0.274 e. The Kier molecular flexibility index (Phi) is 4.87. The van der Waals surface area contributed by atoms with E-state index in [-0.39, 0.29) is 5.91 Å². The van der Waals surface area contributed by atoms with Crippen molar-refractivity contribution in [2.75, 3.05) is 33.2 Å². The lowest BCUT2D eigenvalue weighted by Crippen LogP contribution is -2.47. The summed E-state index contributed by atoms with van der Waals surface area (Å²) in [6.07, 6.45) is 1.80. The van der Waals surface area contributed by atoms with Gasteiger partial charge in [-0.1, -0.05) is 6.07 Å². The predicted octanol–water partition coefficient (Wildman–Crippen LogP) is 1.73. The van der Waals surface area contributed by atoms with E-state index in [2.05, 4.69) is 32.2 Å². The molecule has 1 aliphatic heterocycles. The van der Waals surface area contributed by atoms with E-state index in [0.717, 1.165) is 35.7 Å². The quantitative estimate of drug-likeness (QED) is 0.692. The van der Waals surface area contributed by atoms with Gasteiger partial charge in [0.1, 0.15) is 0 Å². The largest absolute Gasteiger partial charge is 0.335 e. The third kappa shape index (κ3) is 3.63. The van der Waals surface area contributed by atoms with E-state index < -0.39 is 0 Å². The van der Waals surface area contributed by atoms with Crippen LogP contribution in [0.15, 0.2) is 36.5 Å². The van der Waals surface area contributed by atoms with E-state index in [1.54, 1.807) is 16.9 Å². The molecular weight excluding hydrogens is 354 g/mol. The average molecular weight is 377 g/mol. The van der Waals surface area contributed by atoms with Crippen LogP contribution in [-0.4, -0.2) is 73.9 Å². The molecule has 4 rings (SSSR count). The second-order valence-corrected chi connectivity index (χ2v) is 7.18. The highest BCUT2D eigenvalue weighted by Gasteiger charge is 2.25. The Morgan fingerprint density at radius 1 is 1.00 bits per heavy atom. The Hall–Kier alpha value is -3.13. The summed E-state index contributed by atoms with van der Waals surface area (Å²) in [5.41, 5.74) is 3.73. The SMILES string of the molecule is Cc1ccc(-c2cc(C(=O)N3CCN(C)CC3)nn2-c2ccc(C)nn2)nc1. The molecule has 144 valence electrons. The molecule has 28 heavy (non-hydrogen) atoms. The van der Waals surface area contributed by atoms with Crippen molar-refractivity contribution in [1.82, 2.24) is 34.8 Å². The lowest BCUT2D eigenvalue weighted by atomic mass is 10.2. The van der Waals surface area contributed by atoms with Crippen LogP contribution in [0.3, 0.4) is 0 Å². The van der Waals surface area contributed by atoms with Crippen LogP contribution >= 0.6 is 0 Å². The minimum Gasteiger partial charge on any atom is -0.335 e. The Balaban J connectivity index is 1.74. The van der Waals surface area contributed by atoms with Crippen molar-refractivity contribution in [3.63, 3.8) is 0 Å². The van der Waals surface area contributed by atoms with Gasteiger partial charge in [-0.15, -0.1) is 5.10 Å². The maximum Gasteiger partial charge on any atom is 0.274 e. The molecule has 8 heteroatoms. The van der Waals surface area contributed by atoms with Crippen LogP contribution in [0, 0.1) is 13.8 Å². The third-order valence-electron chi connectivity index (χ3n) is 4.89. The van der Waals surface area contributed by atoms with E-state index >= 15 is 0 Å². The van der Waals surface area contributed by atoms with E-state index in [0.29, 0.717) is 24.6 Å². The number of aryl methyl sites for hydroxylation is 2. The van der Waals surface area contributed by atoms with Crippen LogP contribution < -0.4 is 0 Å². The van der Waals surface area contributed by atoms with Gasteiger partial charge in [0.2, 0.25) is 0 Å². The highest BCUT2D eigenvalue weighted by molar-refractivity contribution is 5.93. The number of carbonyl (C=O) groups excluding carboxylic acids is 1. The molecule has 0 N–H and O–H groups in total. The first-order chi connectivity index (χ1) is 13.5. The van der Waals surface area contributed by atoms with Crippen molar-refractivity contribution in [2.45, 2.75) is 13.8 Å². The summed E-state index contributed by atoms with van der Waals surface area (Å²) in [6.45, 7) is 6.99. The molecule has 1 fully saturated rings. The van der Waals surface area contributed by atoms with Gasteiger partial charge in [0.05, 0.1) is 17.1 Å². The summed E-state index contributed by atoms with van der Waals surface area (Å²) < 4.78 is 1.65. The maximum absolute atomic E-state index is 13.0. The van der Waals surface area contributed by atoms with E-state index in [4.69, 9.17) is 0 Å². The molecule has 3 aromatic rings. The standard InChI is InChI=1S/C20H23N7O/c1-14-4-6-16(21-13-14)18-12-17(20(28)26-10-8-25(3)9-11-26)24-27(18)19-7-5-15(2)22-23-19/h4-7,12-13H,8-11H2,1-3H3. The molecule has 0 bridgehead atoms. The number of carbonyl (C=O) groups is 1. The number of pyridine rings is 1. The predicted molar refractivity (Wildman–Crippen MR) is 105 cm³/mol. The van der Waals surface area contributed by atoms with Crippen molar-refractivity contribution in [3.8, 4) is 17.2 Å². The zero-order chi connectivity index (χ0) is 19.7. The van der Waals surface area contributed by atoms with Crippen molar-refractivity contribution >= 4 is 5.91 Å². The number of hydrogen-bond acceptors (Lipinski definition) is 6. The summed E-state index contributed by atoms with van der Waals surface area (Å²) in [5, 5.41) is 12.9. The third-order valence-corrected chi connectivity index (χ3v) is 4.89. The molecule has 1 aliphatic rings. The molecule has 0 aliphatic carbocycles. The molecule has 0 radical (unpaired) electrons. The molecule has 3 aromatic heterocycles. The number of aromatic nitrogens is 5. The molecule has 0 spiro atoms. The first kappa shape index (κ1) is 18.2. The molecule has 1 amide bonds. The van der Waals surface area contributed by atoms with Crippen LogP contribution in [-0.2, 0) is 0 Å². The minimum atomic E-state index is -0.0692. The molecule has 4 heterocycles. The summed E-state index contributed by atoms with van der Waals surface area (Å²) in [7, 11) is 2.06. The molecule has 0 aromatic carbocycles. The second-order valence-electron chi connectivity index (χ2n) is 7.18. The van der Waals surface area contributed by atoms with Gasteiger partial charge in [0.25, 0.3) is 5.91 Å². The van der Waals surface area contributed by atoms with E-state index in [9.17, 15) is 4.79 Å². The Morgan fingerprint density at radius 2 is 1.79 bits per heavy atom. The van der Waals surface area contributed by atoms with E-state index in [1.807, 2.05) is 43.0 Å². The number of likely N-dealkylation sites (N-methyl/N-ethyl adjacent to an activating group) is 1. The Labute approximate surface area is 163 Å². The van der Waals surface area contributed by atoms with Gasteiger partial charge in [-0.25, -0.2) is 4.68 Å². The fourth-order valence-electron chi connectivity index (χ4n) is 3.14. The highest BCUT2D eigenvalue weighted by Crippen LogP contribution is 2.23. The van der Waals surface area contributed by atoms with Gasteiger partial charge < -0.3 is 9.80 Å². The van der Waals surface area contributed by atoms with Gasteiger partial charge in [0, 0.05) is 32.4 Å². The van der Waals surface area contributed by atoms with Gasteiger partial charge >= 0.3 is 0 Å². The molecule has 0 unspecified atom stereocenters. The Morgan fingerprint density at radius 3 is 2.43 bits per heavy atom. The van der Waals surface area contributed by atoms with Crippen LogP contribution in [0.4, 0.5) is 0 Å². The van der Waals surface area contributed by atoms with Gasteiger partial charge in [0.15, 0.2) is 11.5 Å². The summed E-state index contributed by atoms with van der Waals surface area (Å²) >= 11 is 0. The molecule has 1 saturated heterocycles. The zero-order valence-corrected chi connectivity index (χ0v) is 16.3. The minimum absolute atomic E-state index is 0.0692. The zero-order valence-electron chi connectivity index (χ0n) is 16.3. The lowest BCUT2D eigenvalue weighted by molar-refractivity contribution is 0.0657. The maximum atomic E-state index is 13.0. The molecule has 0 atom stereocenters. The highest BCUT2D eigenvalue weighted by atomic mass is 16.2. The van der Waals surface area contributed by atoms with Crippen molar-refractivity contribution in [1.29, 1.82) is 0 Å². The van der Waals surface area contributed by atoms with Gasteiger partial charge in [-0.2, -0.15) is 10.2 Å². The van der Waals surface area contributed by atoms with Crippen LogP contribution in [0.5, 0.6) is 0 Å². The van der Waals surface area contributed by atoms with Crippen LogP contribution in [0.1, 0.15) is 21.7 Å². The second kappa shape index (κ2) is 7.47. The summed E-state index contributed by atoms with van der Waals surface area (Å²) in [6, 6.07) is 9.42. The van der Waals surface area contributed by atoms with Gasteiger partial charge in [-0.05, 0) is 50.7 Å². The number of hydrogen-bond donors (Lipinski definition) is 0. The van der Waals surface area contributed by atoms with Crippen LogP contribution in [0.2, 0.25) is 0 Å². The average Bonchev–Trinajstić information content (AvgIpc) is 3.14. The number of nitrogens with zero attached hydrogens (tertiary/aromatic N) is 7. The summed E-state index contributed by atoms with van der Waals surface area (Å²) in [4.78, 5) is 21.6. The van der Waals surface area contributed by atoms with E-state index in [1.165, 1.54) is 0 Å². The Bertz CT molecular complexity index is 908. The first-order valence-corrected chi connectivity index (χ1v) is 9.33. The number of piperazine rings is 1. The first-order valence-electron chi connectivity index (χ1n) is 9.33. The lowest BCUT2D eigenvalue weighted by Gasteiger charge is -2.31. The topological polar surface area (TPSA) is 80.0 Å². The molecule has 8 nitrogen and oxygen atoms in total. The monoisotopic (exact) mass is 377 g/mol. The fraction of sp³-hybridized carbons (Fsp3) is 0.350. The number of rotatable bonds is 3. The van der Waals surface area contributed by atoms with Gasteiger partial charge in [-0.3, -0.25) is 9.78 Å². The number of amides is 1. The molecule has 0 saturated carbocycles. The fourth-order valence-corrected chi connectivity index (χ4v) is 3.14. The van der Waals surface area contributed by atoms with Crippen molar-refractivity contribution < 1.29 is 4.79 Å². The summed E-state index contributed by atoms with van der Waals surface area (Å²) in [5.74, 6) is 0.487. The molecular formula is C20H23N7O. The van der Waals surface area contributed by atoms with Crippen molar-refractivity contribution in [3.05, 3.63) is 53.5 Å². The van der Waals surface area contributed by atoms with Crippen molar-refractivity contribution in [2.24, 2.45) is 0 Å². The normalized spacial score (nSPS) is 15.0. The van der Waals surface area contributed by atoms with Crippen LogP contribution in [0.25, 0.3) is 17.2 Å².